The van der Waals surface area contributed by atoms with Crippen LogP contribution in [0.5, 0.6) is 0 Å². The molecule has 1 aliphatic rings. The molecule has 1 aliphatic carbocycles. The van der Waals surface area contributed by atoms with Crippen LogP contribution in [-0.4, -0.2) is 9.97 Å². The summed E-state index contributed by atoms with van der Waals surface area (Å²) in [5.74, 6) is 0. The van der Waals surface area contributed by atoms with Gasteiger partial charge in [-0.3, -0.25) is 9.97 Å². The van der Waals surface area contributed by atoms with E-state index in [1.54, 1.807) is 12.4 Å². The van der Waals surface area contributed by atoms with Gasteiger partial charge in [0.05, 0.1) is 11.0 Å². The Labute approximate surface area is 159 Å². The van der Waals surface area contributed by atoms with Crippen molar-refractivity contribution in [1.82, 2.24) is 9.97 Å². The molecule has 4 aromatic rings. The fraction of sp³-hybridized carbons (Fsp3) is 0.120. The molecule has 0 spiro atoms. The highest BCUT2D eigenvalue weighted by Crippen LogP contribution is 2.30. The van der Waals surface area contributed by atoms with Crippen molar-refractivity contribution < 1.29 is 0 Å². The van der Waals surface area contributed by atoms with Crippen LogP contribution in [-0.2, 0) is 12.8 Å². The molecule has 1 aromatic heterocycles. The predicted molar refractivity (Wildman–Crippen MR) is 111 cm³/mol. The molecule has 3 aromatic carbocycles. The van der Waals surface area contributed by atoms with Gasteiger partial charge in [-0.15, -0.1) is 0 Å². The standard InChI is InChI=1S/C25H20N2/c1-2-4-20(5-3-1)22-10-9-21-8-6-18(15-23(21)17-22)14-19-7-11-24-25(16-19)27-13-12-26-24/h1-5,7,9-14,16-17H,6,8,15H2/b18-14+. The number of hydrogen-bond donors (Lipinski definition) is 0. The number of fused-ring (bicyclic) bond motifs is 2. The Morgan fingerprint density at radius 3 is 2.41 bits per heavy atom. The van der Waals surface area contributed by atoms with Crippen LogP contribution in [0.25, 0.3) is 28.2 Å². The van der Waals surface area contributed by atoms with Crippen LogP contribution in [0.4, 0.5) is 0 Å². The molecule has 5 rings (SSSR count). The minimum Gasteiger partial charge on any atom is -0.253 e. The van der Waals surface area contributed by atoms with E-state index in [1.165, 1.54) is 33.4 Å². The smallest absolute Gasteiger partial charge is 0.0892 e. The van der Waals surface area contributed by atoms with E-state index in [9.17, 15) is 0 Å². The first kappa shape index (κ1) is 16.0. The van der Waals surface area contributed by atoms with Gasteiger partial charge in [0.2, 0.25) is 0 Å². The van der Waals surface area contributed by atoms with E-state index in [1.807, 2.05) is 0 Å². The van der Waals surface area contributed by atoms with Crippen LogP contribution in [0.2, 0.25) is 0 Å². The molecule has 0 N–H and O–H groups in total. The fourth-order valence-corrected chi connectivity index (χ4v) is 3.90. The van der Waals surface area contributed by atoms with E-state index in [-0.39, 0.29) is 0 Å². The Kier molecular flexibility index (Phi) is 4.02. The van der Waals surface area contributed by atoms with E-state index < -0.39 is 0 Å². The van der Waals surface area contributed by atoms with Crippen LogP contribution in [0, 0.1) is 0 Å². The summed E-state index contributed by atoms with van der Waals surface area (Å²) in [6.45, 7) is 0. The van der Waals surface area contributed by atoms with Gasteiger partial charge in [0.15, 0.2) is 0 Å². The minimum absolute atomic E-state index is 0.946. The highest BCUT2D eigenvalue weighted by molar-refractivity contribution is 5.77. The molecule has 0 unspecified atom stereocenters. The van der Waals surface area contributed by atoms with Crippen LogP contribution in [0.3, 0.4) is 0 Å². The quantitative estimate of drug-likeness (QED) is 0.453. The maximum Gasteiger partial charge on any atom is 0.0892 e. The number of hydrogen-bond acceptors (Lipinski definition) is 2. The average molecular weight is 348 g/mol. The third-order valence-electron chi connectivity index (χ3n) is 5.31. The minimum atomic E-state index is 0.946. The Morgan fingerprint density at radius 2 is 1.52 bits per heavy atom. The molecule has 27 heavy (non-hydrogen) atoms. The predicted octanol–water partition coefficient (Wildman–Crippen LogP) is 5.87. The summed E-state index contributed by atoms with van der Waals surface area (Å²) in [5, 5.41) is 0. The van der Waals surface area contributed by atoms with Gasteiger partial charge in [-0.2, -0.15) is 0 Å². The Bertz CT molecular complexity index is 1140. The topological polar surface area (TPSA) is 25.8 Å². The van der Waals surface area contributed by atoms with Gasteiger partial charge in [0.25, 0.3) is 0 Å². The van der Waals surface area contributed by atoms with E-state index in [4.69, 9.17) is 0 Å². The van der Waals surface area contributed by atoms with Gasteiger partial charge in [-0.05, 0) is 59.2 Å². The number of aryl methyl sites for hydroxylation is 1. The summed E-state index contributed by atoms with van der Waals surface area (Å²) in [4.78, 5) is 8.78. The van der Waals surface area contributed by atoms with Crippen molar-refractivity contribution in [1.29, 1.82) is 0 Å². The maximum atomic E-state index is 4.42. The molecule has 0 radical (unpaired) electrons. The van der Waals surface area contributed by atoms with Crippen LogP contribution >= 0.6 is 0 Å². The van der Waals surface area contributed by atoms with E-state index in [0.717, 1.165) is 30.3 Å². The second-order valence-corrected chi connectivity index (χ2v) is 7.13. The molecule has 2 heteroatoms. The second-order valence-electron chi connectivity index (χ2n) is 7.13. The molecule has 0 amide bonds. The highest BCUT2D eigenvalue weighted by Gasteiger charge is 2.14. The summed E-state index contributed by atoms with van der Waals surface area (Å²) >= 11 is 0. The largest absolute Gasteiger partial charge is 0.253 e. The molecular formula is C25H20N2. The number of aromatic nitrogens is 2. The van der Waals surface area contributed by atoms with E-state index in [2.05, 4.69) is 82.8 Å². The van der Waals surface area contributed by atoms with E-state index in [0.29, 0.717) is 0 Å². The molecule has 0 fully saturated rings. The van der Waals surface area contributed by atoms with Crippen LogP contribution in [0.1, 0.15) is 23.1 Å². The lowest BCUT2D eigenvalue weighted by atomic mass is 9.85. The summed E-state index contributed by atoms with van der Waals surface area (Å²) in [6.07, 6.45) is 9.07. The van der Waals surface area contributed by atoms with Crippen molar-refractivity contribution in [2.75, 3.05) is 0 Å². The normalized spacial score (nSPS) is 15.0. The second kappa shape index (κ2) is 6.81. The lowest BCUT2D eigenvalue weighted by Crippen LogP contribution is -2.05. The molecule has 0 saturated carbocycles. The van der Waals surface area contributed by atoms with Crippen molar-refractivity contribution in [2.24, 2.45) is 0 Å². The van der Waals surface area contributed by atoms with Gasteiger partial charge in [-0.25, -0.2) is 0 Å². The summed E-state index contributed by atoms with van der Waals surface area (Å²) < 4.78 is 0. The summed E-state index contributed by atoms with van der Waals surface area (Å²) in [5.41, 5.74) is 10.1. The molecule has 0 saturated heterocycles. The zero-order valence-electron chi connectivity index (χ0n) is 15.1. The molecule has 0 atom stereocenters. The van der Waals surface area contributed by atoms with Gasteiger partial charge in [-0.1, -0.05) is 66.2 Å². The first-order chi connectivity index (χ1) is 13.3. The molecular weight excluding hydrogens is 328 g/mol. The number of allylic oxidation sites excluding steroid dienone is 1. The number of nitrogens with zero attached hydrogens (tertiary/aromatic N) is 2. The first-order valence-corrected chi connectivity index (χ1v) is 9.43. The fourth-order valence-electron chi connectivity index (χ4n) is 3.90. The van der Waals surface area contributed by atoms with Crippen molar-refractivity contribution >= 4 is 17.1 Å². The van der Waals surface area contributed by atoms with Crippen molar-refractivity contribution in [3.8, 4) is 11.1 Å². The highest BCUT2D eigenvalue weighted by atomic mass is 14.8. The van der Waals surface area contributed by atoms with Gasteiger partial charge < -0.3 is 0 Å². The van der Waals surface area contributed by atoms with Crippen molar-refractivity contribution in [2.45, 2.75) is 19.3 Å². The number of rotatable bonds is 2. The Balaban J connectivity index is 1.46. The maximum absolute atomic E-state index is 4.42. The lowest BCUT2D eigenvalue weighted by molar-refractivity contribution is 0.844. The Morgan fingerprint density at radius 1 is 0.667 bits per heavy atom. The van der Waals surface area contributed by atoms with Crippen molar-refractivity contribution in [3.63, 3.8) is 0 Å². The van der Waals surface area contributed by atoms with Gasteiger partial charge >= 0.3 is 0 Å². The Hall–Kier alpha value is -3.26. The van der Waals surface area contributed by atoms with Crippen LogP contribution < -0.4 is 0 Å². The van der Waals surface area contributed by atoms with Crippen LogP contribution in [0.15, 0.2) is 84.7 Å². The molecule has 0 aliphatic heterocycles. The van der Waals surface area contributed by atoms with Gasteiger partial charge in [0, 0.05) is 12.4 Å². The monoisotopic (exact) mass is 348 g/mol. The zero-order chi connectivity index (χ0) is 18.1. The average Bonchev–Trinajstić information content (AvgIpc) is 2.74. The molecule has 1 heterocycles. The third-order valence-corrected chi connectivity index (χ3v) is 5.31. The van der Waals surface area contributed by atoms with Crippen molar-refractivity contribution in [3.05, 3.63) is 101 Å². The lowest BCUT2D eigenvalue weighted by Gasteiger charge is -2.20. The SMILES string of the molecule is C(=C1/CCc2ccc(-c3ccccc3)cc2C1)/c1ccc2nccnc2c1. The molecule has 2 nitrogen and oxygen atoms in total. The summed E-state index contributed by atoms with van der Waals surface area (Å²) in [6, 6.07) is 23.9. The van der Waals surface area contributed by atoms with E-state index >= 15 is 0 Å². The molecule has 130 valence electrons. The third kappa shape index (κ3) is 3.26. The van der Waals surface area contributed by atoms with Gasteiger partial charge in [0.1, 0.15) is 0 Å². The molecule has 0 bridgehead atoms. The first-order valence-electron chi connectivity index (χ1n) is 9.43. The number of benzene rings is 3. The zero-order valence-corrected chi connectivity index (χ0v) is 15.1. The summed E-state index contributed by atoms with van der Waals surface area (Å²) in [7, 11) is 0.